The van der Waals surface area contributed by atoms with Crippen LogP contribution in [0.2, 0.25) is 0 Å². The van der Waals surface area contributed by atoms with Crippen LogP contribution in [0.5, 0.6) is 11.5 Å². The van der Waals surface area contributed by atoms with E-state index in [9.17, 15) is 5.21 Å². The maximum absolute atomic E-state index is 12.4. The van der Waals surface area contributed by atoms with Gasteiger partial charge in [0, 0.05) is 29.1 Å². The smallest absolute Gasteiger partial charge is 0.164 e. The van der Waals surface area contributed by atoms with Crippen molar-refractivity contribution in [2.24, 2.45) is 0 Å². The maximum Gasteiger partial charge on any atom is 0.164 e. The van der Waals surface area contributed by atoms with Gasteiger partial charge < -0.3 is 19.4 Å². The first kappa shape index (κ1) is 16.4. The average molecular weight is 344 g/mol. The predicted molar refractivity (Wildman–Crippen MR) is 94.9 cm³/mol. The topological polar surface area (TPSA) is 72.2 Å². The predicted octanol–water partition coefficient (Wildman–Crippen LogP) is 3.70. The molecule has 7 heteroatoms. The molecule has 6 nitrogen and oxygen atoms in total. The number of hydrogen-bond donors (Lipinski definition) is 0. The van der Waals surface area contributed by atoms with Crippen LogP contribution in [-0.2, 0) is 5.75 Å². The Morgan fingerprint density at radius 3 is 2.71 bits per heavy atom. The average Bonchev–Trinajstić information content (AvgIpc) is 2.90. The van der Waals surface area contributed by atoms with Crippen LogP contribution in [0.4, 0.5) is 0 Å². The third kappa shape index (κ3) is 2.87. The molecule has 1 aromatic carbocycles. The highest BCUT2D eigenvalue weighted by Gasteiger charge is 2.12. The van der Waals surface area contributed by atoms with Crippen molar-refractivity contribution in [2.75, 3.05) is 14.2 Å². The number of benzene rings is 1. The summed E-state index contributed by atoms with van der Waals surface area (Å²) in [4.78, 5) is 8.85. The third-order valence-electron chi connectivity index (χ3n) is 3.88. The van der Waals surface area contributed by atoms with E-state index >= 15 is 0 Å². The highest BCUT2D eigenvalue weighted by molar-refractivity contribution is 7.98. The first-order chi connectivity index (χ1) is 11.5. The van der Waals surface area contributed by atoms with Gasteiger partial charge >= 0.3 is 0 Å². The van der Waals surface area contributed by atoms with E-state index in [2.05, 4.69) is 9.97 Å². The molecule has 3 aromatic rings. The van der Waals surface area contributed by atoms with Crippen LogP contribution < -0.4 is 9.47 Å². The minimum absolute atomic E-state index is 0.402. The Morgan fingerprint density at radius 2 is 2.00 bits per heavy atom. The van der Waals surface area contributed by atoms with E-state index in [0.29, 0.717) is 27.7 Å². The molecular weight excluding hydrogens is 326 g/mol. The van der Waals surface area contributed by atoms with Crippen LogP contribution in [0, 0.1) is 19.1 Å². The van der Waals surface area contributed by atoms with Crippen molar-refractivity contribution in [1.29, 1.82) is 0 Å². The fourth-order valence-corrected chi connectivity index (χ4v) is 3.52. The summed E-state index contributed by atoms with van der Waals surface area (Å²) in [6, 6.07) is 5.23. The van der Waals surface area contributed by atoms with E-state index in [1.165, 1.54) is 11.8 Å². The number of aromatic nitrogens is 3. The van der Waals surface area contributed by atoms with Gasteiger partial charge in [-0.2, -0.15) is 0 Å². The van der Waals surface area contributed by atoms with Crippen molar-refractivity contribution >= 4 is 22.8 Å². The number of thioether (sulfide) groups is 1. The summed E-state index contributed by atoms with van der Waals surface area (Å²) in [5.74, 6) is 2.06. The minimum Gasteiger partial charge on any atom is -0.804 e. The van der Waals surface area contributed by atoms with E-state index in [0.717, 1.165) is 27.3 Å². The van der Waals surface area contributed by atoms with Gasteiger partial charge in [-0.3, -0.25) is 4.98 Å². The lowest BCUT2D eigenvalue weighted by molar-refractivity contribution is 0.407. The SMILES string of the molecule is COc1ccc2c(c1)nc(SCc1ncc(C)c(OC)c1C)n2[O-]. The number of nitrogens with zero attached hydrogens (tertiary/aromatic N) is 3. The Hall–Kier alpha value is -2.41. The second-order valence-corrected chi connectivity index (χ2v) is 6.32. The van der Waals surface area contributed by atoms with E-state index < -0.39 is 0 Å². The summed E-state index contributed by atoms with van der Waals surface area (Å²) in [6.07, 6.45) is 1.78. The lowest BCUT2D eigenvalue weighted by Gasteiger charge is -2.14. The zero-order valence-electron chi connectivity index (χ0n) is 14.0. The standard InChI is InChI=1S/C17H18N3O3S/c1-10-8-18-14(11(2)16(10)23-4)9-24-17-19-13-7-12(22-3)5-6-15(13)20(17)21/h5-8H,9H2,1-4H3/q-1. The van der Waals surface area contributed by atoms with Crippen LogP contribution in [-0.4, -0.2) is 28.9 Å². The van der Waals surface area contributed by atoms with Gasteiger partial charge in [0.25, 0.3) is 0 Å². The lowest BCUT2D eigenvalue weighted by atomic mass is 10.1. The van der Waals surface area contributed by atoms with Crippen molar-refractivity contribution in [3.8, 4) is 11.5 Å². The molecule has 126 valence electrons. The van der Waals surface area contributed by atoms with Gasteiger partial charge in [-0.25, -0.2) is 4.98 Å². The second kappa shape index (κ2) is 6.60. The molecule has 0 aliphatic heterocycles. The Balaban J connectivity index is 1.87. The van der Waals surface area contributed by atoms with Crippen molar-refractivity contribution in [2.45, 2.75) is 24.8 Å². The molecule has 2 aromatic heterocycles. The van der Waals surface area contributed by atoms with Crippen molar-refractivity contribution < 1.29 is 9.47 Å². The number of hydrogen-bond acceptors (Lipinski definition) is 6. The zero-order chi connectivity index (χ0) is 17.3. The highest BCUT2D eigenvalue weighted by Crippen LogP contribution is 2.31. The molecule has 0 unspecified atom stereocenters. The van der Waals surface area contributed by atoms with Crippen molar-refractivity contribution in [3.63, 3.8) is 0 Å². The van der Waals surface area contributed by atoms with Crippen molar-refractivity contribution in [1.82, 2.24) is 14.7 Å². The normalized spacial score (nSPS) is 11.0. The lowest BCUT2D eigenvalue weighted by Crippen LogP contribution is -1.99. The summed E-state index contributed by atoms with van der Waals surface area (Å²) >= 11 is 1.36. The van der Waals surface area contributed by atoms with Gasteiger partial charge in [0.2, 0.25) is 0 Å². The molecule has 0 aliphatic rings. The molecule has 0 saturated carbocycles. The summed E-state index contributed by atoms with van der Waals surface area (Å²) in [5, 5.41) is 12.8. The van der Waals surface area contributed by atoms with Gasteiger partial charge in [0.1, 0.15) is 11.5 Å². The number of methoxy groups -OCH3 is 2. The number of imidazole rings is 1. The first-order valence-corrected chi connectivity index (χ1v) is 8.39. The fraction of sp³-hybridized carbons (Fsp3) is 0.294. The molecular formula is C17H18N3O3S-. The molecule has 24 heavy (non-hydrogen) atoms. The Kier molecular flexibility index (Phi) is 4.53. The molecule has 3 rings (SSSR count). The molecule has 0 amide bonds. The molecule has 0 bridgehead atoms. The Labute approximate surface area is 144 Å². The molecule has 0 N–H and O–H groups in total. The number of rotatable bonds is 5. The molecule has 0 fully saturated rings. The molecule has 0 radical (unpaired) electrons. The number of aryl methyl sites for hydroxylation is 1. The highest BCUT2D eigenvalue weighted by atomic mass is 32.2. The monoisotopic (exact) mass is 344 g/mol. The number of ether oxygens (including phenoxy) is 2. The Morgan fingerprint density at radius 1 is 1.21 bits per heavy atom. The quantitative estimate of drug-likeness (QED) is 0.657. The van der Waals surface area contributed by atoms with Gasteiger partial charge in [0.15, 0.2) is 5.16 Å². The summed E-state index contributed by atoms with van der Waals surface area (Å²) < 4.78 is 11.4. The van der Waals surface area contributed by atoms with Crippen LogP contribution in [0.25, 0.3) is 11.0 Å². The molecule has 0 saturated heterocycles. The first-order valence-electron chi connectivity index (χ1n) is 7.41. The summed E-state index contributed by atoms with van der Waals surface area (Å²) in [7, 11) is 3.24. The number of pyridine rings is 1. The van der Waals surface area contributed by atoms with Crippen LogP contribution in [0.1, 0.15) is 16.8 Å². The van der Waals surface area contributed by atoms with Gasteiger partial charge in [-0.15, -0.1) is 0 Å². The molecule has 0 atom stereocenters. The Bertz CT molecular complexity index is 892. The molecule has 0 spiro atoms. The van der Waals surface area contributed by atoms with Crippen molar-refractivity contribution in [3.05, 3.63) is 46.4 Å². The van der Waals surface area contributed by atoms with E-state index in [-0.39, 0.29) is 0 Å². The fourth-order valence-electron chi connectivity index (χ4n) is 2.58. The maximum atomic E-state index is 12.4. The minimum atomic E-state index is 0.402. The van der Waals surface area contributed by atoms with Crippen LogP contribution in [0.15, 0.2) is 29.6 Å². The largest absolute Gasteiger partial charge is 0.804 e. The zero-order valence-corrected chi connectivity index (χ0v) is 14.8. The van der Waals surface area contributed by atoms with E-state index in [1.54, 1.807) is 38.6 Å². The van der Waals surface area contributed by atoms with Gasteiger partial charge in [0.05, 0.1) is 30.9 Å². The van der Waals surface area contributed by atoms with Crippen LogP contribution in [0.3, 0.4) is 0 Å². The number of fused-ring (bicyclic) bond motifs is 1. The summed E-state index contributed by atoms with van der Waals surface area (Å²) in [6.45, 7) is 3.93. The summed E-state index contributed by atoms with van der Waals surface area (Å²) in [5.41, 5.74) is 4.02. The van der Waals surface area contributed by atoms with Gasteiger partial charge in [-0.1, -0.05) is 11.8 Å². The van der Waals surface area contributed by atoms with E-state index in [4.69, 9.17) is 9.47 Å². The third-order valence-corrected chi connectivity index (χ3v) is 4.81. The van der Waals surface area contributed by atoms with Crippen LogP contribution >= 0.6 is 11.8 Å². The second-order valence-electron chi connectivity index (χ2n) is 5.38. The van der Waals surface area contributed by atoms with Gasteiger partial charge in [-0.05, 0) is 26.0 Å². The molecule has 0 aliphatic carbocycles. The van der Waals surface area contributed by atoms with E-state index in [1.807, 2.05) is 13.8 Å². The molecule has 2 heterocycles.